The van der Waals surface area contributed by atoms with Crippen molar-refractivity contribution in [2.45, 2.75) is 12.1 Å². The van der Waals surface area contributed by atoms with Crippen molar-refractivity contribution in [2.75, 3.05) is 5.75 Å². The number of rotatable bonds is 4. The molecule has 0 unspecified atom stereocenters. The van der Waals surface area contributed by atoms with Crippen LogP contribution >= 0.6 is 35.0 Å². The van der Waals surface area contributed by atoms with Gasteiger partial charge in [0.15, 0.2) is 5.16 Å². The molecule has 0 aliphatic carbocycles. The summed E-state index contributed by atoms with van der Waals surface area (Å²) in [6.45, 7) is 1.83. The predicted molar refractivity (Wildman–Crippen MR) is 76.7 cm³/mol. The fraction of sp³-hybridized carbons (Fsp3) is 0.167. The summed E-state index contributed by atoms with van der Waals surface area (Å²) in [7, 11) is 0. The molecule has 0 amide bonds. The standard InChI is InChI=1S/C12H10Cl2N2O2S/c1-7-5-16(12(15-7)19-6-10(17)18)9-4-2-3-8(13)11(9)14/h2-5H,6H2,1H3,(H,17,18). The molecular weight excluding hydrogens is 307 g/mol. The highest BCUT2D eigenvalue weighted by Crippen LogP contribution is 2.31. The van der Waals surface area contributed by atoms with Gasteiger partial charge in [-0.3, -0.25) is 9.36 Å². The minimum atomic E-state index is -0.894. The molecule has 2 aromatic rings. The molecule has 7 heteroatoms. The van der Waals surface area contributed by atoms with E-state index >= 15 is 0 Å². The summed E-state index contributed by atoms with van der Waals surface area (Å²) >= 11 is 13.3. The molecule has 0 spiro atoms. The number of hydrogen-bond donors (Lipinski definition) is 1. The third-order valence-electron chi connectivity index (χ3n) is 2.31. The first-order valence-corrected chi connectivity index (χ1v) is 7.08. The Morgan fingerprint density at radius 3 is 2.89 bits per heavy atom. The lowest BCUT2D eigenvalue weighted by molar-refractivity contribution is -0.133. The highest BCUT2D eigenvalue weighted by Gasteiger charge is 2.13. The number of carboxylic acid groups (broad SMARTS) is 1. The lowest BCUT2D eigenvalue weighted by atomic mass is 10.3. The Labute approximate surface area is 124 Å². The van der Waals surface area contributed by atoms with E-state index in [0.717, 1.165) is 17.5 Å². The Hall–Kier alpha value is -1.17. The molecule has 1 aromatic carbocycles. The van der Waals surface area contributed by atoms with Crippen molar-refractivity contribution in [3.05, 3.63) is 40.1 Å². The summed E-state index contributed by atoms with van der Waals surface area (Å²) in [5.41, 5.74) is 1.46. The first-order valence-electron chi connectivity index (χ1n) is 5.34. The Morgan fingerprint density at radius 1 is 1.47 bits per heavy atom. The summed E-state index contributed by atoms with van der Waals surface area (Å²) in [5.74, 6) is -0.955. The Balaban J connectivity index is 2.44. The second-order valence-corrected chi connectivity index (χ2v) is 5.52. The number of thioether (sulfide) groups is 1. The summed E-state index contributed by atoms with van der Waals surface area (Å²) in [6.07, 6.45) is 1.79. The van der Waals surface area contributed by atoms with Gasteiger partial charge in [0.25, 0.3) is 0 Å². The maximum absolute atomic E-state index is 10.6. The average molecular weight is 317 g/mol. The van der Waals surface area contributed by atoms with Gasteiger partial charge in [-0.15, -0.1) is 0 Å². The van der Waals surface area contributed by atoms with Crippen LogP contribution in [0.2, 0.25) is 10.0 Å². The van der Waals surface area contributed by atoms with Gasteiger partial charge in [-0.25, -0.2) is 4.98 Å². The van der Waals surface area contributed by atoms with Gasteiger partial charge in [0.2, 0.25) is 0 Å². The lowest BCUT2D eigenvalue weighted by Gasteiger charge is -2.09. The van der Waals surface area contributed by atoms with Gasteiger partial charge in [0, 0.05) is 6.20 Å². The number of hydrogen-bond acceptors (Lipinski definition) is 3. The van der Waals surface area contributed by atoms with Crippen LogP contribution in [0, 0.1) is 6.92 Å². The summed E-state index contributed by atoms with van der Waals surface area (Å²) in [5, 5.41) is 10.2. The molecule has 0 aliphatic rings. The molecule has 1 aromatic heterocycles. The molecular formula is C12H10Cl2N2O2S. The monoisotopic (exact) mass is 316 g/mol. The number of aryl methyl sites for hydroxylation is 1. The molecule has 0 saturated carbocycles. The molecule has 1 N–H and O–H groups in total. The van der Waals surface area contributed by atoms with Crippen molar-refractivity contribution >= 4 is 40.9 Å². The molecule has 100 valence electrons. The van der Waals surface area contributed by atoms with Gasteiger partial charge in [-0.05, 0) is 19.1 Å². The molecule has 0 atom stereocenters. The van der Waals surface area contributed by atoms with Crippen molar-refractivity contribution in [2.24, 2.45) is 0 Å². The van der Waals surface area contributed by atoms with Crippen molar-refractivity contribution in [3.63, 3.8) is 0 Å². The molecule has 0 aliphatic heterocycles. The van der Waals surface area contributed by atoms with Crippen LogP contribution in [-0.4, -0.2) is 26.4 Å². The van der Waals surface area contributed by atoms with E-state index in [0.29, 0.717) is 20.9 Å². The van der Waals surface area contributed by atoms with E-state index in [1.807, 2.05) is 6.92 Å². The zero-order chi connectivity index (χ0) is 14.0. The fourth-order valence-corrected chi connectivity index (χ4v) is 2.69. The summed E-state index contributed by atoms with van der Waals surface area (Å²) in [4.78, 5) is 14.9. The molecule has 1 heterocycles. The van der Waals surface area contributed by atoms with Crippen LogP contribution in [0.15, 0.2) is 29.6 Å². The van der Waals surface area contributed by atoms with Gasteiger partial charge in [-0.1, -0.05) is 41.0 Å². The van der Waals surface area contributed by atoms with E-state index in [-0.39, 0.29) is 5.75 Å². The van der Waals surface area contributed by atoms with Gasteiger partial charge < -0.3 is 5.11 Å². The molecule has 0 bridgehead atoms. The highest BCUT2D eigenvalue weighted by molar-refractivity contribution is 7.99. The van der Waals surface area contributed by atoms with Crippen LogP contribution in [0.1, 0.15) is 5.69 Å². The maximum Gasteiger partial charge on any atom is 0.313 e. The third-order valence-corrected chi connectivity index (χ3v) is 4.06. The molecule has 0 saturated heterocycles. The first-order chi connectivity index (χ1) is 8.99. The number of aliphatic carboxylic acids is 1. The Morgan fingerprint density at radius 2 is 2.21 bits per heavy atom. The van der Waals surface area contributed by atoms with Crippen molar-refractivity contribution in [1.29, 1.82) is 0 Å². The van der Waals surface area contributed by atoms with Crippen molar-refractivity contribution in [1.82, 2.24) is 9.55 Å². The largest absolute Gasteiger partial charge is 0.481 e. The highest BCUT2D eigenvalue weighted by atomic mass is 35.5. The van der Waals surface area contributed by atoms with E-state index in [4.69, 9.17) is 28.3 Å². The van der Waals surface area contributed by atoms with E-state index in [1.54, 1.807) is 29.0 Å². The predicted octanol–water partition coefficient (Wildman–Crippen LogP) is 3.66. The molecule has 0 radical (unpaired) electrons. The number of nitrogens with zero attached hydrogens (tertiary/aromatic N) is 2. The van der Waals surface area contributed by atoms with E-state index in [1.165, 1.54) is 0 Å². The van der Waals surface area contributed by atoms with Gasteiger partial charge >= 0.3 is 5.97 Å². The fourth-order valence-electron chi connectivity index (χ4n) is 1.55. The minimum Gasteiger partial charge on any atom is -0.481 e. The normalized spacial score (nSPS) is 10.7. The number of halogens is 2. The minimum absolute atomic E-state index is 0.0609. The first kappa shape index (κ1) is 14.2. The zero-order valence-corrected chi connectivity index (χ0v) is 12.3. The van der Waals surface area contributed by atoms with Crippen molar-refractivity contribution < 1.29 is 9.90 Å². The van der Waals surface area contributed by atoms with E-state index in [2.05, 4.69) is 4.98 Å². The lowest BCUT2D eigenvalue weighted by Crippen LogP contribution is -2.01. The quantitative estimate of drug-likeness (QED) is 0.874. The molecule has 19 heavy (non-hydrogen) atoms. The summed E-state index contributed by atoms with van der Waals surface area (Å²) < 4.78 is 1.75. The molecule has 0 fully saturated rings. The molecule has 4 nitrogen and oxygen atoms in total. The van der Waals surface area contributed by atoms with Crippen LogP contribution in [0.4, 0.5) is 0 Å². The zero-order valence-electron chi connectivity index (χ0n) is 9.93. The number of benzene rings is 1. The Kier molecular flexibility index (Phi) is 4.39. The van der Waals surface area contributed by atoms with Crippen LogP contribution in [0.25, 0.3) is 5.69 Å². The summed E-state index contributed by atoms with van der Waals surface area (Å²) in [6, 6.07) is 5.28. The number of carbonyl (C=O) groups is 1. The van der Waals surface area contributed by atoms with E-state index in [9.17, 15) is 4.79 Å². The van der Waals surface area contributed by atoms with Crippen molar-refractivity contribution in [3.8, 4) is 5.69 Å². The maximum atomic E-state index is 10.6. The molecule has 2 rings (SSSR count). The van der Waals surface area contributed by atoms with E-state index < -0.39 is 5.97 Å². The second kappa shape index (κ2) is 5.86. The number of carboxylic acids is 1. The SMILES string of the molecule is Cc1cn(-c2cccc(Cl)c2Cl)c(SCC(=O)O)n1. The van der Waals surface area contributed by atoms with Gasteiger partial charge in [0.05, 0.1) is 27.2 Å². The van der Waals surface area contributed by atoms with Crippen LogP contribution in [0.5, 0.6) is 0 Å². The third kappa shape index (κ3) is 3.23. The van der Waals surface area contributed by atoms with Crippen LogP contribution < -0.4 is 0 Å². The number of aromatic nitrogens is 2. The smallest absolute Gasteiger partial charge is 0.313 e. The van der Waals surface area contributed by atoms with Crippen LogP contribution in [0.3, 0.4) is 0 Å². The second-order valence-electron chi connectivity index (χ2n) is 3.79. The topological polar surface area (TPSA) is 55.1 Å². The van der Waals surface area contributed by atoms with Crippen LogP contribution in [-0.2, 0) is 4.79 Å². The number of imidazole rings is 1. The Bertz CT molecular complexity index is 628. The van der Waals surface area contributed by atoms with Gasteiger partial charge in [0.1, 0.15) is 0 Å². The average Bonchev–Trinajstić information content (AvgIpc) is 2.71. The van der Waals surface area contributed by atoms with Gasteiger partial charge in [-0.2, -0.15) is 0 Å².